The zero-order valence-electron chi connectivity index (χ0n) is 19.3. The van der Waals surface area contributed by atoms with E-state index in [1.165, 1.54) is 0 Å². The highest BCUT2D eigenvalue weighted by atomic mass is 16.5. The summed E-state index contributed by atoms with van der Waals surface area (Å²) in [5.41, 5.74) is 5.40. The molecule has 0 fully saturated rings. The van der Waals surface area contributed by atoms with Gasteiger partial charge in [0.2, 0.25) is 5.88 Å². The summed E-state index contributed by atoms with van der Waals surface area (Å²) < 4.78 is 11.8. The number of pyridine rings is 2. The Kier molecular flexibility index (Phi) is 7.50. The number of nitrogens with zero attached hydrogens (tertiary/aromatic N) is 2. The van der Waals surface area contributed by atoms with Gasteiger partial charge in [-0.25, -0.2) is 4.98 Å². The van der Waals surface area contributed by atoms with Crippen LogP contribution in [0.25, 0.3) is 0 Å². The molecule has 172 valence electrons. The van der Waals surface area contributed by atoms with Crippen molar-refractivity contribution in [3.05, 3.63) is 119 Å². The van der Waals surface area contributed by atoms with E-state index in [1.807, 2.05) is 80.6 Å². The number of amides is 1. The average molecular weight is 454 g/mol. The number of aromatic nitrogens is 2. The molecular weight excluding hydrogens is 426 g/mol. The predicted octanol–water partition coefficient (Wildman–Crippen LogP) is 5.18. The molecule has 4 aromatic rings. The van der Waals surface area contributed by atoms with Crippen LogP contribution in [0.3, 0.4) is 0 Å². The molecule has 0 spiro atoms. The molecule has 0 unspecified atom stereocenters. The van der Waals surface area contributed by atoms with Gasteiger partial charge in [-0.2, -0.15) is 0 Å². The van der Waals surface area contributed by atoms with Gasteiger partial charge in [-0.05, 0) is 60.4 Å². The summed E-state index contributed by atoms with van der Waals surface area (Å²) in [5.74, 6) is 1.17. The third-order valence-electron chi connectivity index (χ3n) is 5.31. The number of aryl methyl sites for hydroxylation is 2. The first-order valence-corrected chi connectivity index (χ1v) is 11.1. The Morgan fingerprint density at radius 1 is 0.824 bits per heavy atom. The lowest BCUT2D eigenvalue weighted by molar-refractivity contribution is 0.0950. The van der Waals surface area contributed by atoms with Crippen LogP contribution in [0.2, 0.25) is 0 Å². The standard InChI is InChI=1S/C28H27N3O3/c1-20-13-25(14-21(2)27(20)34-19-24-9-6-11-29-16-24)28(32)31-17-23-10-12-30-26(15-23)33-18-22-7-4-3-5-8-22/h3-16H,17-19H2,1-2H3,(H,31,32). The van der Waals surface area contributed by atoms with E-state index in [2.05, 4.69) is 15.3 Å². The van der Waals surface area contributed by atoms with Crippen molar-refractivity contribution in [2.45, 2.75) is 33.6 Å². The highest BCUT2D eigenvalue weighted by Gasteiger charge is 2.12. The molecule has 0 bridgehead atoms. The van der Waals surface area contributed by atoms with E-state index in [9.17, 15) is 4.79 Å². The van der Waals surface area contributed by atoms with Crippen molar-refractivity contribution in [3.63, 3.8) is 0 Å². The fraction of sp³-hybridized carbons (Fsp3) is 0.179. The second-order valence-electron chi connectivity index (χ2n) is 8.05. The van der Waals surface area contributed by atoms with Gasteiger partial charge in [-0.15, -0.1) is 0 Å². The van der Waals surface area contributed by atoms with E-state index in [0.29, 0.717) is 31.2 Å². The van der Waals surface area contributed by atoms with Crippen LogP contribution in [-0.2, 0) is 19.8 Å². The minimum absolute atomic E-state index is 0.145. The maximum Gasteiger partial charge on any atom is 0.251 e. The second-order valence-corrected chi connectivity index (χ2v) is 8.05. The summed E-state index contributed by atoms with van der Waals surface area (Å²) in [5, 5.41) is 2.98. The molecule has 6 nitrogen and oxygen atoms in total. The van der Waals surface area contributed by atoms with Crippen LogP contribution in [0.1, 0.15) is 38.2 Å². The number of carbonyl (C=O) groups is 1. The van der Waals surface area contributed by atoms with Crippen LogP contribution >= 0.6 is 0 Å². The molecule has 0 saturated heterocycles. The molecule has 0 aliphatic heterocycles. The lowest BCUT2D eigenvalue weighted by Crippen LogP contribution is -2.23. The molecule has 1 N–H and O–H groups in total. The van der Waals surface area contributed by atoms with Crippen LogP contribution in [0.5, 0.6) is 11.6 Å². The van der Waals surface area contributed by atoms with E-state index in [0.717, 1.165) is 33.6 Å². The zero-order chi connectivity index (χ0) is 23.8. The van der Waals surface area contributed by atoms with Crippen molar-refractivity contribution in [2.24, 2.45) is 0 Å². The summed E-state index contributed by atoms with van der Waals surface area (Å²) in [7, 11) is 0. The summed E-state index contributed by atoms with van der Waals surface area (Å²) in [4.78, 5) is 21.2. The first-order valence-electron chi connectivity index (χ1n) is 11.1. The molecule has 2 heterocycles. The fourth-order valence-corrected chi connectivity index (χ4v) is 3.60. The van der Waals surface area contributed by atoms with Crippen molar-refractivity contribution in [1.82, 2.24) is 15.3 Å². The van der Waals surface area contributed by atoms with Crippen LogP contribution in [0.4, 0.5) is 0 Å². The first-order chi connectivity index (χ1) is 16.6. The highest BCUT2D eigenvalue weighted by Crippen LogP contribution is 2.26. The van der Waals surface area contributed by atoms with Gasteiger partial charge in [-0.3, -0.25) is 9.78 Å². The Bertz CT molecular complexity index is 1220. The molecule has 0 atom stereocenters. The summed E-state index contributed by atoms with van der Waals surface area (Å²) in [6.07, 6.45) is 5.20. The number of nitrogens with one attached hydrogen (secondary N) is 1. The van der Waals surface area contributed by atoms with Gasteiger partial charge in [0.1, 0.15) is 19.0 Å². The summed E-state index contributed by atoms with van der Waals surface area (Å²) in [6, 6.07) is 21.2. The molecule has 0 radical (unpaired) electrons. The topological polar surface area (TPSA) is 73.3 Å². The zero-order valence-corrected chi connectivity index (χ0v) is 19.3. The minimum Gasteiger partial charge on any atom is -0.488 e. The summed E-state index contributed by atoms with van der Waals surface area (Å²) >= 11 is 0. The van der Waals surface area contributed by atoms with Crippen molar-refractivity contribution in [3.8, 4) is 11.6 Å². The lowest BCUT2D eigenvalue weighted by Gasteiger charge is -2.14. The minimum atomic E-state index is -0.145. The molecular formula is C28H27N3O3. The van der Waals surface area contributed by atoms with E-state index in [1.54, 1.807) is 18.6 Å². The molecule has 6 heteroatoms. The third kappa shape index (κ3) is 6.19. The lowest BCUT2D eigenvalue weighted by atomic mass is 10.0. The number of ether oxygens (including phenoxy) is 2. The molecule has 2 aromatic heterocycles. The van der Waals surface area contributed by atoms with Gasteiger partial charge in [0.05, 0.1) is 0 Å². The second kappa shape index (κ2) is 11.1. The normalized spacial score (nSPS) is 10.5. The van der Waals surface area contributed by atoms with E-state index < -0.39 is 0 Å². The predicted molar refractivity (Wildman–Crippen MR) is 131 cm³/mol. The Morgan fingerprint density at radius 2 is 1.56 bits per heavy atom. The van der Waals surface area contributed by atoms with Gasteiger partial charge in [0, 0.05) is 42.3 Å². The molecule has 1 amide bonds. The maximum atomic E-state index is 12.8. The number of hydrogen-bond donors (Lipinski definition) is 1. The number of rotatable bonds is 9. The highest BCUT2D eigenvalue weighted by molar-refractivity contribution is 5.94. The van der Waals surface area contributed by atoms with Crippen LogP contribution in [-0.4, -0.2) is 15.9 Å². The quantitative estimate of drug-likeness (QED) is 0.378. The third-order valence-corrected chi connectivity index (χ3v) is 5.31. The Hall–Kier alpha value is -4.19. The van der Waals surface area contributed by atoms with Gasteiger partial charge in [-0.1, -0.05) is 36.4 Å². The van der Waals surface area contributed by atoms with Crippen LogP contribution < -0.4 is 14.8 Å². The Morgan fingerprint density at radius 3 is 2.29 bits per heavy atom. The molecule has 34 heavy (non-hydrogen) atoms. The van der Waals surface area contributed by atoms with Crippen molar-refractivity contribution < 1.29 is 14.3 Å². The molecule has 0 aliphatic carbocycles. The smallest absolute Gasteiger partial charge is 0.251 e. The SMILES string of the molecule is Cc1cc(C(=O)NCc2ccnc(OCc3ccccc3)c2)cc(C)c1OCc1cccnc1. The molecule has 4 rings (SSSR count). The number of hydrogen-bond acceptors (Lipinski definition) is 5. The number of carbonyl (C=O) groups excluding carboxylic acids is 1. The summed E-state index contributed by atoms with van der Waals surface area (Å²) in [6.45, 7) is 5.14. The van der Waals surface area contributed by atoms with E-state index in [-0.39, 0.29) is 5.91 Å². The molecule has 2 aromatic carbocycles. The van der Waals surface area contributed by atoms with Gasteiger partial charge < -0.3 is 14.8 Å². The van der Waals surface area contributed by atoms with E-state index >= 15 is 0 Å². The van der Waals surface area contributed by atoms with Gasteiger partial charge >= 0.3 is 0 Å². The molecule has 0 aliphatic rings. The Labute approximate surface area is 199 Å². The molecule has 0 saturated carbocycles. The van der Waals surface area contributed by atoms with Crippen molar-refractivity contribution in [2.75, 3.05) is 0 Å². The van der Waals surface area contributed by atoms with Crippen LogP contribution in [0.15, 0.2) is 85.3 Å². The maximum absolute atomic E-state index is 12.8. The van der Waals surface area contributed by atoms with Crippen molar-refractivity contribution >= 4 is 5.91 Å². The van der Waals surface area contributed by atoms with E-state index in [4.69, 9.17) is 9.47 Å². The largest absolute Gasteiger partial charge is 0.488 e. The first kappa shape index (κ1) is 23.0. The van der Waals surface area contributed by atoms with Gasteiger partial charge in [0.15, 0.2) is 0 Å². The van der Waals surface area contributed by atoms with Crippen LogP contribution in [0, 0.1) is 13.8 Å². The van der Waals surface area contributed by atoms with Gasteiger partial charge in [0.25, 0.3) is 5.91 Å². The fourth-order valence-electron chi connectivity index (χ4n) is 3.60. The number of benzene rings is 2. The monoisotopic (exact) mass is 453 g/mol. The average Bonchev–Trinajstić information content (AvgIpc) is 2.87. The Balaban J connectivity index is 1.34. The van der Waals surface area contributed by atoms with Crippen molar-refractivity contribution in [1.29, 1.82) is 0 Å².